The van der Waals surface area contributed by atoms with Gasteiger partial charge in [0, 0.05) is 23.2 Å². The summed E-state index contributed by atoms with van der Waals surface area (Å²) >= 11 is 0. The normalized spacial score (nSPS) is 12.9. The first-order valence-electron chi connectivity index (χ1n) is 10.8. The minimum Gasteiger partial charge on any atom is -0.494 e. The lowest BCUT2D eigenvalue weighted by molar-refractivity contribution is 0.176. The quantitative estimate of drug-likeness (QED) is 0.499. The van der Waals surface area contributed by atoms with Gasteiger partial charge in [0.2, 0.25) is 0 Å². The second-order valence-electron chi connectivity index (χ2n) is 7.61. The van der Waals surface area contributed by atoms with Gasteiger partial charge in [0.25, 0.3) is 0 Å². The molecular weight excluding hydrogens is 402 g/mol. The minimum atomic E-state index is -0.551. The number of rotatable bonds is 6. The summed E-state index contributed by atoms with van der Waals surface area (Å²) in [5.41, 5.74) is 4.14. The van der Waals surface area contributed by atoms with Crippen LogP contribution in [0.4, 0.5) is 10.5 Å². The van der Waals surface area contributed by atoms with Gasteiger partial charge in [-0.25, -0.2) is 4.79 Å². The van der Waals surface area contributed by atoms with E-state index in [-0.39, 0.29) is 6.61 Å². The number of amides is 1. The maximum absolute atomic E-state index is 11.9. The average Bonchev–Trinajstić information content (AvgIpc) is 3.07. The van der Waals surface area contributed by atoms with Gasteiger partial charge in [-0.05, 0) is 62.9 Å². The summed E-state index contributed by atoms with van der Waals surface area (Å²) in [6, 6.07) is 16.2. The highest BCUT2D eigenvalue weighted by Gasteiger charge is 2.28. The van der Waals surface area contributed by atoms with Gasteiger partial charge in [-0.2, -0.15) is 5.26 Å². The van der Waals surface area contributed by atoms with Crippen molar-refractivity contribution in [3.05, 3.63) is 48.0 Å². The third-order valence-corrected chi connectivity index (χ3v) is 5.70. The molecular formula is C26H25N3O3. The lowest BCUT2D eigenvalue weighted by atomic mass is 9.92. The zero-order chi connectivity index (χ0) is 22.5. The molecule has 32 heavy (non-hydrogen) atoms. The maximum Gasteiger partial charge on any atom is 0.412 e. The molecule has 1 heterocycles. The fraction of sp³-hybridized carbons (Fsp3) is 0.308. The second kappa shape index (κ2) is 9.49. The molecule has 0 unspecified atom stereocenters. The van der Waals surface area contributed by atoms with Crippen molar-refractivity contribution >= 4 is 22.7 Å². The van der Waals surface area contributed by atoms with Gasteiger partial charge < -0.3 is 14.0 Å². The predicted molar refractivity (Wildman–Crippen MR) is 125 cm³/mol. The van der Waals surface area contributed by atoms with Gasteiger partial charge >= 0.3 is 6.09 Å². The molecule has 2 aromatic carbocycles. The summed E-state index contributed by atoms with van der Waals surface area (Å²) in [6.45, 7) is 4.30. The van der Waals surface area contributed by atoms with Crippen molar-refractivity contribution in [2.75, 3.05) is 18.5 Å². The van der Waals surface area contributed by atoms with Crippen LogP contribution in [0.3, 0.4) is 0 Å². The first-order valence-corrected chi connectivity index (χ1v) is 10.8. The van der Waals surface area contributed by atoms with Crippen LogP contribution in [0, 0.1) is 23.2 Å². The molecule has 4 rings (SSSR count). The number of carbonyl (C=O) groups excluding carboxylic acids is 1. The van der Waals surface area contributed by atoms with Gasteiger partial charge in [0.1, 0.15) is 11.8 Å². The van der Waals surface area contributed by atoms with Crippen molar-refractivity contribution in [2.24, 2.45) is 0 Å². The second-order valence-corrected chi connectivity index (χ2v) is 7.61. The van der Waals surface area contributed by atoms with E-state index < -0.39 is 6.09 Å². The molecule has 162 valence electrons. The first-order chi connectivity index (χ1) is 15.7. The van der Waals surface area contributed by atoms with Gasteiger partial charge in [-0.3, -0.25) is 5.32 Å². The highest BCUT2D eigenvalue weighted by molar-refractivity contribution is 5.96. The van der Waals surface area contributed by atoms with Gasteiger partial charge in [0.15, 0.2) is 6.61 Å². The van der Waals surface area contributed by atoms with Crippen molar-refractivity contribution in [1.29, 1.82) is 5.26 Å². The van der Waals surface area contributed by atoms with E-state index in [1.165, 1.54) is 6.42 Å². The minimum absolute atomic E-state index is 0.0528. The van der Waals surface area contributed by atoms with Crippen LogP contribution >= 0.6 is 0 Å². The number of benzene rings is 2. The van der Waals surface area contributed by atoms with Crippen molar-refractivity contribution in [2.45, 2.75) is 39.2 Å². The third kappa shape index (κ3) is 4.13. The van der Waals surface area contributed by atoms with Gasteiger partial charge in [0.05, 0.1) is 23.4 Å². The summed E-state index contributed by atoms with van der Waals surface area (Å²) in [5.74, 6) is 6.17. The zero-order valence-corrected chi connectivity index (χ0v) is 18.3. The molecule has 1 N–H and O–H groups in total. The van der Waals surface area contributed by atoms with Crippen LogP contribution in [-0.4, -0.2) is 23.9 Å². The lowest BCUT2D eigenvalue weighted by Gasteiger charge is -2.30. The molecule has 1 aliphatic carbocycles. The largest absolute Gasteiger partial charge is 0.494 e. The zero-order valence-electron chi connectivity index (χ0n) is 18.3. The summed E-state index contributed by atoms with van der Waals surface area (Å²) in [7, 11) is 0. The van der Waals surface area contributed by atoms with Crippen LogP contribution in [0.5, 0.6) is 5.75 Å². The van der Waals surface area contributed by atoms with Crippen LogP contribution in [0.25, 0.3) is 22.2 Å². The summed E-state index contributed by atoms with van der Waals surface area (Å²) in [4.78, 5) is 11.9. The van der Waals surface area contributed by atoms with Gasteiger partial charge in [-0.1, -0.05) is 18.1 Å². The summed E-state index contributed by atoms with van der Waals surface area (Å²) < 4.78 is 13.0. The third-order valence-electron chi connectivity index (χ3n) is 5.70. The van der Waals surface area contributed by atoms with Crippen LogP contribution in [0.1, 0.15) is 44.7 Å². The number of carbonyl (C=O) groups is 1. The highest BCUT2D eigenvalue weighted by Crippen LogP contribution is 2.43. The monoisotopic (exact) mass is 427 g/mol. The Balaban J connectivity index is 1.72. The Morgan fingerprint density at radius 2 is 2.00 bits per heavy atom. The summed E-state index contributed by atoms with van der Waals surface area (Å²) in [6.07, 6.45) is 2.81. The van der Waals surface area contributed by atoms with Crippen LogP contribution < -0.4 is 10.1 Å². The molecule has 0 bridgehead atoms. The standard InChI is InChI=1S/C26H25N3O3/c1-3-5-15-32-26(30)28-19-11-9-18(10-12-19)25-23(17-27)22-14-13-21(31-4-2)16-24(22)29(25)20-7-6-8-20/h9-14,16,20H,4,6-8,15H2,1-2H3,(H,28,30). The fourth-order valence-corrected chi connectivity index (χ4v) is 4.01. The Hall–Kier alpha value is -3.90. The number of anilines is 1. The van der Waals surface area contributed by atoms with E-state index in [4.69, 9.17) is 9.47 Å². The Kier molecular flexibility index (Phi) is 6.33. The molecule has 1 aliphatic rings. The lowest BCUT2D eigenvalue weighted by Crippen LogP contribution is -2.18. The van der Waals surface area contributed by atoms with E-state index >= 15 is 0 Å². The molecule has 0 atom stereocenters. The molecule has 1 fully saturated rings. The number of fused-ring (bicyclic) bond motifs is 1. The van der Waals surface area contributed by atoms with Crippen molar-refractivity contribution in [3.8, 4) is 34.9 Å². The van der Waals surface area contributed by atoms with Gasteiger partial charge in [-0.15, -0.1) is 5.92 Å². The molecule has 1 amide bonds. The Morgan fingerprint density at radius 1 is 1.22 bits per heavy atom. The highest BCUT2D eigenvalue weighted by atomic mass is 16.5. The molecule has 0 radical (unpaired) electrons. The van der Waals surface area contributed by atoms with E-state index in [1.807, 2.05) is 49.4 Å². The van der Waals surface area contributed by atoms with E-state index in [0.29, 0.717) is 23.9 Å². The SMILES string of the molecule is CC#CCOC(=O)Nc1ccc(-c2c(C#N)c3ccc(OCC)cc3n2C2CCC2)cc1. The Morgan fingerprint density at radius 3 is 2.62 bits per heavy atom. The number of ether oxygens (including phenoxy) is 2. The molecule has 6 nitrogen and oxygen atoms in total. The average molecular weight is 428 g/mol. The topological polar surface area (TPSA) is 76.3 Å². The molecule has 0 aliphatic heterocycles. The van der Waals surface area contributed by atoms with E-state index in [0.717, 1.165) is 40.8 Å². The molecule has 1 aromatic heterocycles. The maximum atomic E-state index is 11.9. The molecule has 0 spiro atoms. The van der Waals surface area contributed by atoms with Crippen LogP contribution in [0.2, 0.25) is 0 Å². The van der Waals surface area contributed by atoms with Crippen LogP contribution in [-0.2, 0) is 4.74 Å². The number of aromatic nitrogens is 1. The van der Waals surface area contributed by atoms with E-state index in [9.17, 15) is 10.1 Å². The molecule has 3 aromatic rings. The van der Waals surface area contributed by atoms with E-state index in [1.54, 1.807) is 6.92 Å². The first kappa shape index (κ1) is 21.3. The van der Waals surface area contributed by atoms with E-state index in [2.05, 4.69) is 27.8 Å². The van der Waals surface area contributed by atoms with Crippen molar-refractivity contribution < 1.29 is 14.3 Å². The molecule has 1 saturated carbocycles. The number of hydrogen-bond acceptors (Lipinski definition) is 4. The number of nitrogens with zero attached hydrogens (tertiary/aromatic N) is 2. The van der Waals surface area contributed by atoms with Crippen molar-refractivity contribution in [1.82, 2.24) is 4.57 Å². The molecule has 0 saturated heterocycles. The van der Waals surface area contributed by atoms with Crippen LogP contribution in [0.15, 0.2) is 42.5 Å². The number of hydrogen-bond donors (Lipinski definition) is 1. The fourth-order valence-electron chi connectivity index (χ4n) is 4.01. The molecule has 6 heteroatoms. The smallest absolute Gasteiger partial charge is 0.412 e. The van der Waals surface area contributed by atoms with Crippen molar-refractivity contribution in [3.63, 3.8) is 0 Å². The summed E-state index contributed by atoms with van der Waals surface area (Å²) in [5, 5.41) is 13.7. The Labute approximate surface area is 187 Å². The Bertz CT molecular complexity index is 1240. The number of nitriles is 1. The predicted octanol–water partition coefficient (Wildman–Crippen LogP) is 5.88. The number of nitrogens with one attached hydrogen (secondary N) is 1.